The predicted octanol–water partition coefficient (Wildman–Crippen LogP) is 0.205. The van der Waals surface area contributed by atoms with Crippen LogP contribution in [0, 0.1) is 0 Å². The molecular weight excluding hydrogens is 301 g/mol. The normalized spacial score (nSPS) is 39.5. The molecule has 2 aliphatic rings. The van der Waals surface area contributed by atoms with Crippen LogP contribution >= 0.6 is 7.82 Å². The van der Waals surface area contributed by atoms with Crippen molar-refractivity contribution in [2.24, 2.45) is 0 Å². The van der Waals surface area contributed by atoms with Gasteiger partial charge in [-0.1, -0.05) is 17.3 Å². The molecule has 2 fully saturated rings. The number of ether oxygens (including phenoxy) is 1. The number of aliphatic hydroxyl groups excluding tert-OH is 1. The first-order valence-corrected chi connectivity index (χ1v) is 7.84. The van der Waals surface area contributed by atoms with Crippen LogP contribution in [0.3, 0.4) is 0 Å². The molecule has 2 aliphatic heterocycles. The van der Waals surface area contributed by atoms with Crippen LogP contribution in [0.2, 0.25) is 0 Å². The summed E-state index contributed by atoms with van der Waals surface area (Å²) in [6, 6.07) is 7.22. The van der Waals surface area contributed by atoms with Crippen LogP contribution in [-0.4, -0.2) is 49.9 Å². The van der Waals surface area contributed by atoms with Crippen molar-refractivity contribution in [1.29, 1.82) is 0 Å². The Hall–Kier alpha value is -1.35. The summed E-state index contributed by atoms with van der Waals surface area (Å²) >= 11 is 0. The molecule has 0 amide bonds. The fourth-order valence-electron chi connectivity index (χ4n) is 2.61. The fourth-order valence-corrected chi connectivity index (χ4v) is 3.58. The molecule has 21 heavy (non-hydrogen) atoms. The molecule has 9 nitrogen and oxygen atoms in total. The summed E-state index contributed by atoms with van der Waals surface area (Å²) < 4.78 is 28.1. The van der Waals surface area contributed by atoms with Crippen molar-refractivity contribution in [2.45, 2.75) is 24.5 Å². The van der Waals surface area contributed by atoms with Crippen LogP contribution in [0.5, 0.6) is 0 Å². The monoisotopic (exact) mass is 313 g/mol. The summed E-state index contributed by atoms with van der Waals surface area (Å²) in [5, 5.41) is 18.3. The first-order chi connectivity index (χ1) is 10.1. The summed E-state index contributed by atoms with van der Waals surface area (Å²) in [6.07, 6.45) is -3.58. The first-order valence-electron chi connectivity index (χ1n) is 6.34. The number of para-hydroxylation sites is 1. The quantitative estimate of drug-likeness (QED) is 0.718. The standard InChI is InChI=1S/C11H12N3O6P/c15-9-10-8(5-18-21(16,17)20-10)19-11(9)14-7-4-2-1-3-6(7)12-13-14/h1-4,8-11,15H,5H2,(H,16,17)/t8-,9-,10-,11-/m1/s1. The number of phosphoric ester groups is 1. The summed E-state index contributed by atoms with van der Waals surface area (Å²) in [6.45, 7) is -0.126. The Bertz CT molecular complexity index is 736. The molecule has 0 radical (unpaired) electrons. The molecule has 2 N–H and O–H groups in total. The third-order valence-corrected chi connectivity index (χ3v) is 4.57. The van der Waals surface area contributed by atoms with E-state index in [1.807, 2.05) is 12.1 Å². The highest BCUT2D eigenvalue weighted by molar-refractivity contribution is 7.47. The molecule has 0 bridgehead atoms. The topological polar surface area (TPSA) is 116 Å². The van der Waals surface area contributed by atoms with E-state index in [2.05, 4.69) is 14.8 Å². The highest BCUT2D eigenvalue weighted by Crippen LogP contribution is 2.52. The summed E-state index contributed by atoms with van der Waals surface area (Å²) in [7, 11) is -4.13. The van der Waals surface area contributed by atoms with E-state index < -0.39 is 32.4 Å². The molecule has 3 heterocycles. The summed E-state index contributed by atoms with van der Waals surface area (Å²) in [5.41, 5.74) is 1.35. The molecule has 1 aromatic carbocycles. The maximum Gasteiger partial charge on any atom is 0.472 e. The zero-order valence-electron chi connectivity index (χ0n) is 10.6. The maximum atomic E-state index is 11.4. The lowest BCUT2D eigenvalue weighted by atomic mass is 10.1. The third kappa shape index (κ3) is 2.10. The van der Waals surface area contributed by atoms with Crippen molar-refractivity contribution >= 4 is 18.9 Å². The molecule has 1 unspecified atom stereocenters. The Morgan fingerprint density at radius 2 is 2.19 bits per heavy atom. The molecule has 1 aromatic heterocycles. The zero-order chi connectivity index (χ0) is 14.6. The number of phosphoric acid groups is 1. The molecule has 10 heteroatoms. The second-order valence-electron chi connectivity index (χ2n) is 4.91. The number of aromatic nitrogens is 3. The molecule has 4 rings (SSSR count). The number of hydrogen-bond acceptors (Lipinski definition) is 7. The minimum absolute atomic E-state index is 0.126. The zero-order valence-corrected chi connectivity index (χ0v) is 11.5. The predicted molar refractivity (Wildman–Crippen MR) is 68.1 cm³/mol. The van der Waals surface area contributed by atoms with Gasteiger partial charge < -0.3 is 14.7 Å². The lowest BCUT2D eigenvalue weighted by Gasteiger charge is -2.27. The lowest BCUT2D eigenvalue weighted by molar-refractivity contribution is -0.0698. The molecule has 0 saturated carbocycles. The van der Waals surface area contributed by atoms with Gasteiger partial charge in [-0.15, -0.1) is 5.10 Å². The largest absolute Gasteiger partial charge is 0.472 e. The van der Waals surface area contributed by atoms with E-state index in [0.717, 1.165) is 0 Å². The van der Waals surface area contributed by atoms with Crippen molar-refractivity contribution in [2.75, 3.05) is 6.61 Å². The number of benzene rings is 1. The second kappa shape index (κ2) is 4.57. The molecule has 2 saturated heterocycles. The van der Waals surface area contributed by atoms with Gasteiger partial charge in [-0.05, 0) is 12.1 Å². The van der Waals surface area contributed by atoms with Crippen molar-refractivity contribution < 1.29 is 28.3 Å². The Balaban J connectivity index is 1.69. The number of fused-ring (bicyclic) bond motifs is 2. The van der Waals surface area contributed by atoms with Gasteiger partial charge in [-0.25, -0.2) is 9.25 Å². The number of nitrogens with zero attached hydrogens (tertiary/aromatic N) is 3. The third-order valence-electron chi connectivity index (χ3n) is 3.58. The highest BCUT2D eigenvalue weighted by Gasteiger charge is 2.52. The minimum atomic E-state index is -4.13. The number of hydrogen-bond donors (Lipinski definition) is 2. The van der Waals surface area contributed by atoms with Crippen LogP contribution in [0.4, 0.5) is 0 Å². The van der Waals surface area contributed by atoms with E-state index in [-0.39, 0.29) is 6.61 Å². The van der Waals surface area contributed by atoms with Crippen LogP contribution in [0.1, 0.15) is 6.23 Å². The minimum Gasteiger partial charge on any atom is -0.385 e. The van der Waals surface area contributed by atoms with Crippen LogP contribution in [0.15, 0.2) is 24.3 Å². The molecule has 112 valence electrons. The maximum absolute atomic E-state index is 11.4. The average molecular weight is 313 g/mol. The van der Waals surface area contributed by atoms with Gasteiger partial charge >= 0.3 is 7.82 Å². The average Bonchev–Trinajstić information content (AvgIpc) is 3.00. The van der Waals surface area contributed by atoms with Crippen molar-refractivity contribution in [3.63, 3.8) is 0 Å². The Morgan fingerprint density at radius 3 is 3.05 bits per heavy atom. The molecule has 5 atom stereocenters. The summed E-state index contributed by atoms with van der Waals surface area (Å²) in [5.74, 6) is 0. The van der Waals surface area contributed by atoms with Crippen LogP contribution in [-0.2, 0) is 18.3 Å². The Labute approximate surface area is 118 Å². The van der Waals surface area contributed by atoms with Crippen LogP contribution < -0.4 is 0 Å². The van der Waals surface area contributed by atoms with Gasteiger partial charge in [0.25, 0.3) is 0 Å². The second-order valence-corrected chi connectivity index (χ2v) is 6.32. The summed E-state index contributed by atoms with van der Waals surface area (Å²) in [4.78, 5) is 9.34. The van der Waals surface area contributed by atoms with E-state index in [0.29, 0.717) is 11.0 Å². The molecule has 0 spiro atoms. The van der Waals surface area contributed by atoms with Gasteiger partial charge in [0.05, 0.1) is 12.1 Å². The fraction of sp³-hybridized carbons (Fsp3) is 0.455. The van der Waals surface area contributed by atoms with Gasteiger partial charge in [0, 0.05) is 0 Å². The van der Waals surface area contributed by atoms with Gasteiger partial charge in [0.2, 0.25) is 0 Å². The van der Waals surface area contributed by atoms with Gasteiger partial charge in [0.15, 0.2) is 6.23 Å². The van der Waals surface area contributed by atoms with Crippen molar-refractivity contribution in [3.05, 3.63) is 24.3 Å². The van der Waals surface area contributed by atoms with E-state index >= 15 is 0 Å². The molecular formula is C11H12N3O6P. The van der Waals surface area contributed by atoms with E-state index in [1.165, 1.54) is 4.68 Å². The SMILES string of the molecule is O=P1(O)OC[C@H]2O[C@@H](n3nnc4ccccc43)[C@H](O)[C@@H]2O1. The van der Waals surface area contributed by atoms with E-state index in [9.17, 15) is 14.6 Å². The number of rotatable bonds is 1. The smallest absolute Gasteiger partial charge is 0.385 e. The van der Waals surface area contributed by atoms with Crippen molar-refractivity contribution in [1.82, 2.24) is 15.0 Å². The highest BCUT2D eigenvalue weighted by atomic mass is 31.2. The number of aliphatic hydroxyl groups is 1. The van der Waals surface area contributed by atoms with Gasteiger partial charge in [0.1, 0.15) is 23.8 Å². The first kappa shape index (κ1) is 13.3. The van der Waals surface area contributed by atoms with Gasteiger partial charge in [-0.2, -0.15) is 0 Å². The molecule has 0 aliphatic carbocycles. The van der Waals surface area contributed by atoms with E-state index in [1.54, 1.807) is 12.1 Å². The van der Waals surface area contributed by atoms with Crippen molar-refractivity contribution in [3.8, 4) is 0 Å². The van der Waals surface area contributed by atoms with E-state index in [4.69, 9.17) is 9.26 Å². The Kier molecular flexibility index (Phi) is 2.90. The Morgan fingerprint density at radius 1 is 1.38 bits per heavy atom. The molecule has 2 aromatic rings. The van der Waals surface area contributed by atoms with Crippen LogP contribution in [0.25, 0.3) is 11.0 Å². The van der Waals surface area contributed by atoms with Gasteiger partial charge in [-0.3, -0.25) is 9.05 Å². The lowest BCUT2D eigenvalue weighted by Crippen LogP contribution is -2.39.